The molecule has 0 atom stereocenters. The topological polar surface area (TPSA) is 68.1 Å². The van der Waals surface area contributed by atoms with Gasteiger partial charge in [-0.2, -0.15) is 13.2 Å². The van der Waals surface area contributed by atoms with Crippen molar-refractivity contribution >= 4 is 17.7 Å². The summed E-state index contributed by atoms with van der Waals surface area (Å²) in [4.78, 5) is 30.1. The molecular formula is C27H18F4N4O. The monoisotopic (exact) mass is 490 g/mol. The molecule has 9 heteroatoms. The van der Waals surface area contributed by atoms with Crippen molar-refractivity contribution in [1.82, 2.24) is 15.0 Å². The Hall–Kier alpha value is -4.27. The van der Waals surface area contributed by atoms with E-state index in [-0.39, 0.29) is 24.0 Å². The van der Waals surface area contributed by atoms with Gasteiger partial charge < -0.3 is 0 Å². The van der Waals surface area contributed by atoms with Gasteiger partial charge in [0, 0.05) is 42.8 Å². The average molecular weight is 490 g/mol. The molecule has 36 heavy (non-hydrogen) atoms. The second kappa shape index (κ2) is 9.41. The Bertz CT molecular complexity index is 1500. The number of pyridine rings is 1. The number of nitrogens with zero attached hydrogens (tertiary/aromatic N) is 4. The number of aliphatic imine (C=N–C) groups is 1. The lowest BCUT2D eigenvalue weighted by Gasteiger charge is -2.12. The van der Waals surface area contributed by atoms with E-state index < -0.39 is 23.3 Å². The standard InChI is InChI=1S/C27H18F4N4O/c28-24-17(5-1-6-18(24)14-23(36)16-4-2-7-19(12-16)27(29,30)31)13-22-20(8-3-10-32-22)25-26-21(9-11-33-26)34-15-35-25/h1-8,10-12,15H,9,13-14H2. The van der Waals surface area contributed by atoms with E-state index in [4.69, 9.17) is 0 Å². The number of rotatable bonds is 6. The second-order valence-corrected chi connectivity index (χ2v) is 8.28. The molecule has 0 bridgehead atoms. The minimum atomic E-state index is -4.57. The maximum atomic E-state index is 15.4. The second-order valence-electron chi connectivity index (χ2n) is 8.28. The number of hydrogen-bond acceptors (Lipinski definition) is 5. The molecule has 0 aliphatic carbocycles. The molecule has 0 saturated heterocycles. The van der Waals surface area contributed by atoms with Crippen LogP contribution in [-0.4, -0.2) is 26.9 Å². The van der Waals surface area contributed by atoms with Gasteiger partial charge in [0.25, 0.3) is 0 Å². The van der Waals surface area contributed by atoms with Crippen molar-refractivity contribution in [3.63, 3.8) is 0 Å². The third-order valence-electron chi connectivity index (χ3n) is 5.93. The van der Waals surface area contributed by atoms with Gasteiger partial charge >= 0.3 is 6.18 Å². The zero-order valence-electron chi connectivity index (χ0n) is 18.8. The Morgan fingerprint density at radius 2 is 1.75 bits per heavy atom. The zero-order valence-corrected chi connectivity index (χ0v) is 18.8. The first-order chi connectivity index (χ1) is 17.3. The smallest absolute Gasteiger partial charge is 0.294 e. The Labute approximate surface area is 203 Å². The number of carbonyl (C=O) groups excluding carboxylic acids is 1. The molecule has 0 unspecified atom stereocenters. The number of carbonyl (C=O) groups is 1. The van der Waals surface area contributed by atoms with Gasteiger partial charge in [-0.1, -0.05) is 30.3 Å². The minimum absolute atomic E-state index is 0.0971. The summed E-state index contributed by atoms with van der Waals surface area (Å²) in [6.07, 6.45) is 0.598. The summed E-state index contributed by atoms with van der Waals surface area (Å²) in [7, 11) is 0. The van der Waals surface area contributed by atoms with Crippen LogP contribution in [0.2, 0.25) is 0 Å². The summed E-state index contributed by atoms with van der Waals surface area (Å²) in [5, 5.41) is 0. The first-order valence-electron chi connectivity index (χ1n) is 11.1. The van der Waals surface area contributed by atoms with Crippen molar-refractivity contribution < 1.29 is 22.4 Å². The number of Topliss-reactive ketones (excluding diaryl/α,β-unsaturated/α-hetero) is 1. The van der Waals surface area contributed by atoms with Crippen LogP contribution in [0.3, 0.4) is 0 Å². The molecule has 0 fully saturated rings. The van der Waals surface area contributed by atoms with Crippen molar-refractivity contribution in [3.05, 3.63) is 107 Å². The van der Waals surface area contributed by atoms with Crippen LogP contribution in [0.5, 0.6) is 0 Å². The van der Waals surface area contributed by atoms with Crippen LogP contribution < -0.4 is 0 Å². The molecule has 0 radical (unpaired) electrons. The van der Waals surface area contributed by atoms with E-state index >= 15 is 4.39 Å². The van der Waals surface area contributed by atoms with Gasteiger partial charge in [0.2, 0.25) is 0 Å². The number of halogens is 4. The highest BCUT2D eigenvalue weighted by Gasteiger charge is 2.31. The fourth-order valence-corrected chi connectivity index (χ4v) is 4.15. The van der Waals surface area contributed by atoms with Crippen LogP contribution in [-0.2, 0) is 25.4 Å². The van der Waals surface area contributed by atoms with Crippen molar-refractivity contribution in [2.75, 3.05) is 0 Å². The Morgan fingerprint density at radius 1 is 0.944 bits per heavy atom. The minimum Gasteiger partial charge on any atom is -0.294 e. The molecule has 1 aliphatic rings. The Morgan fingerprint density at radius 3 is 2.58 bits per heavy atom. The van der Waals surface area contributed by atoms with E-state index in [0.717, 1.165) is 17.8 Å². The van der Waals surface area contributed by atoms with Crippen molar-refractivity contribution in [1.29, 1.82) is 0 Å². The number of benzene rings is 2. The Kier molecular flexibility index (Phi) is 6.13. The summed E-state index contributed by atoms with van der Waals surface area (Å²) in [5.74, 6) is -1.20. The van der Waals surface area contributed by atoms with Crippen LogP contribution in [0.25, 0.3) is 11.3 Å². The van der Waals surface area contributed by atoms with Crippen molar-refractivity contribution in [2.24, 2.45) is 4.99 Å². The van der Waals surface area contributed by atoms with E-state index in [1.165, 1.54) is 24.5 Å². The fourth-order valence-electron chi connectivity index (χ4n) is 4.15. The third kappa shape index (κ3) is 4.64. The Balaban J connectivity index is 1.43. The molecule has 4 aromatic rings. The van der Waals surface area contributed by atoms with Gasteiger partial charge in [-0.25, -0.2) is 14.4 Å². The molecular weight excluding hydrogens is 472 g/mol. The van der Waals surface area contributed by atoms with Gasteiger partial charge in [-0.15, -0.1) is 0 Å². The zero-order chi connectivity index (χ0) is 25.3. The van der Waals surface area contributed by atoms with Crippen LogP contribution in [0.4, 0.5) is 23.2 Å². The number of alkyl halides is 3. The highest BCUT2D eigenvalue weighted by molar-refractivity contribution is 5.97. The van der Waals surface area contributed by atoms with E-state index in [1.807, 2.05) is 6.07 Å². The molecule has 180 valence electrons. The van der Waals surface area contributed by atoms with E-state index in [2.05, 4.69) is 19.9 Å². The number of ketones is 1. The first kappa shape index (κ1) is 23.5. The molecule has 1 aliphatic heterocycles. The number of aromatic nitrogens is 3. The largest absolute Gasteiger partial charge is 0.416 e. The van der Waals surface area contributed by atoms with Crippen molar-refractivity contribution in [3.8, 4) is 11.3 Å². The molecule has 5 nitrogen and oxygen atoms in total. The summed E-state index contributed by atoms with van der Waals surface area (Å²) in [5.41, 5.74) is 2.68. The average Bonchev–Trinajstić information content (AvgIpc) is 3.36. The lowest BCUT2D eigenvalue weighted by molar-refractivity contribution is -0.137. The van der Waals surface area contributed by atoms with E-state index in [1.54, 1.807) is 30.6 Å². The normalized spacial score (nSPS) is 12.6. The molecule has 5 rings (SSSR count). The molecule has 0 saturated carbocycles. The predicted octanol–water partition coefficient (Wildman–Crippen LogP) is 5.97. The number of hydrogen-bond donors (Lipinski definition) is 0. The highest BCUT2D eigenvalue weighted by atomic mass is 19.4. The lowest BCUT2D eigenvalue weighted by atomic mass is 9.96. The van der Waals surface area contributed by atoms with Crippen molar-refractivity contribution in [2.45, 2.75) is 25.4 Å². The molecule has 0 spiro atoms. The summed E-state index contributed by atoms with van der Waals surface area (Å²) in [6.45, 7) is 0. The van der Waals surface area contributed by atoms with Crippen LogP contribution in [0.1, 0.15) is 38.4 Å². The van der Waals surface area contributed by atoms with Crippen LogP contribution in [0.15, 0.2) is 72.1 Å². The molecule has 2 aromatic carbocycles. The predicted molar refractivity (Wildman–Crippen MR) is 126 cm³/mol. The van der Waals surface area contributed by atoms with Crippen LogP contribution >= 0.6 is 0 Å². The van der Waals surface area contributed by atoms with Gasteiger partial charge in [0.05, 0.1) is 17.0 Å². The lowest BCUT2D eigenvalue weighted by Crippen LogP contribution is -2.10. The summed E-state index contributed by atoms with van der Waals surface area (Å²) < 4.78 is 54.5. The highest BCUT2D eigenvalue weighted by Crippen LogP contribution is 2.35. The maximum absolute atomic E-state index is 15.4. The SMILES string of the molecule is O=C(Cc1cccc(Cc2ncccc2-c2ncnc3c2N=CC3)c1F)c1cccc(C(F)(F)F)c1. The number of fused-ring (bicyclic) bond motifs is 1. The summed E-state index contributed by atoms with van der Waals surface area (Å²) in [6, 6.07) is 12.4. The van der Waals surface area contributed by atoms with Gasteiger partial charge in [-0.3, -0.25) is 14.8 Å². The van der Waals surface area contributed by atoms with Crippen LogP contribution in [0, 0.1) is 5.82 Å². The molecule has 0 N–H and O–H groups in total. The molecule has 0 amide bonds. The van der Waals surface area contributed by atoms with E-state index in [9.17, 15) is 18.0 Å². The van der Waals surface area contributed by atoms with Gasteiger partial charge in [-0.05, 0) is 35.4 Å². The fraction of sp³-hybridized carbons (Fsp3) is 0.148. The van der Waals surface area contributed by atoms with Gasteiger partial charge in [0.1, 0.15) is 23.5 Å². The molecule has 3 heterocycles. The maximum Gasteiger partial charge on any atom is 0.416 e. The van der Waals surface area contributed by atoms with Gasteiger partial charge in [0.15, 0.2) is 5.78 Å². The quantitative estimate of drug-likeness (QED) is 0.247. The molecule has 2 aromatic heterocycles. The third-order valence-corrected chi connectivity index (χ3v) is 5.93. The first-order valence-corrected chi connectivity index (χ1v) is 11.1. The summed E-state index contributed by atoms with van der Waals surface area (Å²) >= 11 is 0. The van der Waals surface area contributed by atoms with E-state index in [0.29, 0.717) is 34.6 Å².